The number of nitrogens with one attached hydrogen (secondary N) is 1. The Labute approximate surface area is 119 Å². The number of aromatic amines is 1. The van der Waals surface area contributed by atoms with Gasteiger partial charge in [-0.2, -0.15) is 22.9 Å². The van der Waals surface area contributed by atoms with Crippen molar-refractivity contribution in [2.45, 2.75) is 6.18 Å². The van der Waals surface area contributed by atoms with E-state index in [2.05, 4.69) is 31.2 Å². The van der Waals surface area contributed by atoms with Crippen LogP contribution in [0.1, 0.15) is 11.4 Å². The Hall–Kier alpha value is -1.48. The van der Waals surface area contributed by atoms with Crippen molar-refractivity contribution < 1.29 is 13.2 Å². The zero-order chi connectivity index (χ0) is 14.0. The molecule has 0 fully saturated rings. The lowest BCUT2D eigenvalue weighted by atomic mass is 10.2. The number of halogens is 4. The first-order valence-electron chi connectivity index (χ1n) is 4.92. The predicted molar refractivity (Wildman–Crippen MR) is 69.5 cm³/mol. The van der Waals surface area contributed by atoms with Crippen molar-refractivity contribution in [2.75, 3.05) is 0 Å². The number of rotatable bonds is 2. The van der Waals surface area contributed by atoms with E-state index in [1.54, 1.807) is 24.3 Å². The summed E-state index contributed by atoms with van der Waals surface area (Å²) in [5.41, 5.74) is 0.638. The average Bonchev–Trinajstić information content (AvgIpc) is 2.70. The monoisotopic (exact) mass is 350 g/mol. The standard InChI is InChI=1S/C10H6BrF3N4S/c11-7-3-1-6(2-4-7)5-15-18-8(10(12,13)14)16-17-9(18)19/h1-5H,(H,17,19). The van der Waals surface area contributed by atoms with Gasteiger partial charge in [-0.1, -0.05) is 28.1 Å². The van der Waals surface area contributed by atoms with Gasteiger partial charge in [0, 0.05) is 4.47 Å². The highest BCUT2D eigenvalue weighted by molar-refractivity contribution is 9.10. The third-order valence-corrected chi connectivity index (χ3v) is 2.89. The molecule has 0 aliphatic heterocycles. The maximum atomic E-state index is 12.6. The second-order valence-electron chi connectivity index (χ2n) is 3.46. The van der Waals surface area contributed by atoms with Gasteiger partial charge in [-0.3, -0.25) is 0 Å². The second-order valence-corrected chi connectivity index (χ2v) is 4.76. The Kier molecular flexibility index (Phi) is 3.85. The summed E-state index contributed by atoms with van der Waals surface area (Å²) in [4.78, 5) is 0. The van der Waals surface area contributed by atoms with Crippen LogP contribution in [0.5, 0.6) is 0 Å². The molecule has 0 saturated carbocycles. The van der Waals surface area contributed by atoms with Crippen molar-refractivity contribution in [3.8, 4) is 0 Å². The topological polar surface area (TPSA) is 46.0 Å². The minimum atomic E-state index is -4.62. The highest BCUT2D eigenvalue weighted by Gasteiger charge is 2.37. The summed E-state index contributed by atoms with van der Waals surface area (Å²) in [7, 11) is 0. The average molecular weight is 351 g/mol. The minimum absolute atomic E-state index is 0.222. The zero-order valence-corrected chi connectivity index (χ0v) is 11.6. The number of H-pyrrole nitrogens is 1. The number of nitrogens with zero attached hydrogens (tertiary/aromatic N) is 3. The molecule has 1 aromatic heterocycles. The molecule has 1 heterocycles. The van der Waals surface area contributed by atoms with Gasteiger partial charge in [-0.25, -0.2) is 5.10 Å². The minimum Gasteiger partial charge on any atom is -0.250 e. The van der Waals surface area contributed by atoms with Crippen LogP contribution in [0.4, 0.5) is 13.2 Å². The molecule has 0 saturated heterocycles. The molecule has 4 nitrogen and oxygen atoms in total. The normalized spacial score (nSPS) is 12.2. The van der Waals surface area contributed by atoms with E-state index in [-0.39, 0.29) is 4.77 Å². The zero-order valence-electron chi connectivity index (χ0n) is 9.15. The molecule has 2 rings (SSSR count). The third-order valence-electron chi connectivity index (χ3n) is 2.10. The molecule has 0 bridgehead atoms. The predicted octanol–water partition coefficient (Wildman–Crippen LogP) is 3.60. The maximum absolute atomic E-state index is 12.6. The molecule has 0 unspecified atom stereocenters. The lowest BCUT2D eigenvalue weighted by Crippen LogP contribution is -2.12. The molecule has 0 atom stereocenters. The Bertz CT molecular complexity index is 657. The third kappa shape index (κ3) is 3.29. The van der Waals surface area contributed by atoms with Crippen LogP contribution in [0.25, 0.3) is 0 Å². The molecule has 0 radical (unpaired) electrons. The van der Waals surface area contributed by atoms with Gasteiger partial charge in [0.15, 0.2) is 0 Å². The second kappa shape index (κ2) is 5.25. The van der Waals surface area contributed by atoms with Gasteiger partial charge in [-0.05, 0) is 29.9 Å². The summed E-state index contributed by atoms with van der Waals surface area (Å²) in [5.74, 6) is -1.19. The lowest BCUT2D eigenvalue weighted by Gasteiger charge is -2.03. The molecular formula is C10H6BrF3N4S. The fraction of sp³-hybridized carbons (Fsp3) is 0.100. The van der Waals surface area contributed by atoms with Crippen molar-refractivity contribution in [1.29, 1.82) is 0 Å². The summed E-state index contributed by atoms with van der Waals surface area (Å²) in [6.45, 7) is 0. The first-order chi connectivity index (χ1) is 8.88. The quantitative estimate of drug-likeness (QED) is 0.664. The molecule has 1 aromatic carbocycles. The van der Waals surface area contributed by atoms with E-state index in [9.17, 15) is 13.2 Å². The van der Waals surface area contributed by atoms with Gasteiger partial charge in [0.05, 0.1) is 6.21 Å². The number of hydrogen-bond acceptors (Lipinski definition) is 3. The van der Waals surface area contributed by atoms with E-state index in [4.69, 9.17) is 12.2 Å². The first kappa shape index (κ1) is 13.9. The van der Waals surface area contributed by atoms with Crippen molar-refractivity contribution >= 4 is 34.4 Å². The summed E-state index contributed by atoms with van der Waals surface area (Å²) in [5, 5.41) is 8.87. The van der Waals surface area contributed by atoms with Crippen molar-refractivity contribution in [3.63, 3.8) is 0 Å². The summed E-state index contributed by atoms with van der Waals surface area (Å²) >= 11 is 7.96. The van der Waals surface area contributed by atoms with Crippen molar-refractivity contribution in [1.82, 2.24) is 14.9 Å². The largest absolute Gasteiger partial charge is 0.453 e. The van der Waals surface area contributed by atoms with E-state index in [1.807, 2.05) is 0 Å². The Morgan fingerprint density at radius 2 is 1.95 bits per heavy atom. The number of benzene rings is 1. The Morgan fingerprint density at radius 3 is 2.53 bits per heavy atom. The smallest absolute Gasteiger partial charge is 0.250 e. The van der Waals surface area contributed by atoms with E-state index < -0.39 is 12.0 Å². The Morgan fingerprint density at radius 1 is 1.32 bits per heavy atom. The SMILES string of the molecule is FC(F)(F)c1n[nH]c(=S)n1N=Cc1ccc(Br)cc1. The van der Waals surface area contributed by atoms with Crippen LogP contribution in [0.15, 0.2) is 33.8 Å². The van der Waals surface area contributed by atoms with Crippen LogP contribution >= 0.6 is 28.1 Å². The van der Waals surface area contributed by atoms with Crippen LogP contribution in [0.3, 0.4) is 0 Å². The Balaban J connectivity index is 2.36. The van der Waals surface area contributed by atoms with Gasteiger partial charge in [0.1, 0.15) is 0 Å². The molecule has 9 heteroatoms. The molecule has 1 N–H and O–H groups in total. The van der Waals surface area contributed by atoms with Gasteiger partial charge >= 0.3 is 6.18 Å². The van der Waals surface area contributed by atoms with Crippen molar-refractivity contribution in [3.05, 3.63) is 44.9 Å². The highest BCUT2D eigenvalue weighted by atomic mass is 79.9. The molecule has 0 aliphatic carbocycles. The number of alkyl halides is 3. The van der Waals surface area contributed by atoms with E-state index in [1.165, 1.54) is 6.21 Å². The maximum Gasteiger partial charge on any atom is 0.453 e. The number of hydrogen-bond donors (Lipinski definition) is 1. The summed E-state index contributed by atoms with van der Waals surface area (Å²) < 4.78 is 39.0. The van der Waals surface area contributed by atoms with E-state index >= 15 is 0 Å². The van der Waals surface area contributed by atoms with Crippen LogP contribution in [0, 0.1) is 4.77 Å². The molecule has 0 spiro atoms. The van der Waals surface area contributed by atoms with Crippen LogP contribution in [-0.2, 0) is 6.18 Å². The molecule has 2 aromatic rings. The highest BCUT2D eigenvalue weighted by Crippen LogP contribution is 2.27. The van der Waals surface area contributed by atoms with Gasteiger partial charge < -0.3 is 0 Å². The molecule has 0 amide bonds. The molecule has 19 heavy (non-hydrogen) atoms. The van der Waals surface area contributed by atoms with Crippen LogP contribution in [-0.4, -0.2) is 21.1 Å². The fourth-order valence-corrected chi connectivity index (χ4v) is 1.70. The van der Waals surface area contributed by atoms with E-state index in [0.29, 0.717) is 10.2 Å². The van der Waals surface area contributed by atoms with Crippen LogP contribution in [0.2, 0.25) is 0 Å². The van der Waals surface area contributed by atoms with Crippen LogP contribution < -0.4 is 0 Å². The van der Waals surface area contributed by atoms with Crippen molar-refractivity contribution in [2.24, 2.45) is 5.10 Å². The fourth-order valence-electron chi connectivity index (χ4n) is 1.26. The number of aromatic nitrogens is 3. The van der Waals surface area contributed by atoms with Gasteiger partial charge in [0.25, 0.3) is 5.82 Å². The summed E-state index contributed by atoms with van der Waals surface area (Å²) in [6.07, 6.45) is -3.35. The first-order valence-corrected chi connectivity index (χ1v) is 6.12. The summed E-state index contributed by atoms with van der Waals surface area (Å²) in [6, 6.07) is 6.90. The molecule has 100 valence electrons. The van der Waals surface area contributed by atoms with Gasteiger partial charge in [0.2, 0.25) is 4.77 Å². The lowest BCUT2D eigenvalue weighted by molar-refractivity contribution is -0.147. The van der Waals surface area contributed by atoms with E-state index in [0.717, 1.165) is 4.47 Å². The van der Waals surface area contributed by atoms with Gasteiger partial charge in [-0.15, -0.1) is 5.10 Å². The molecular weight excluding hydrogens is 345 g/mol. The molecule has 0 aliphatic rings.